The minimum atomic E-state index is 0.141. The molecule has 1 unspecified atom stereocenters. The zero-order chi connectivity index (χ0) is 15.2. The van der Waals surface area contributed by atoms with Gasteiger partial charge in [0.05, 0.1) is 0 Å². The predicted octanol–water partition coefficient (Wildman–Crippen LogP) is 4.96. The summed E-state index contributed by atoms with van der Waals surface area (Å²) >= 11 is 9.65. The van der Waals surface area contributed by atoms with Crippen LogP contribution in [0, 0.1) is 0 Å². The minimum absolute atomic E-state index is 0.141. The van der Waals surface area contributed by atoms with Gasteiger partial charge < -0.3 is 10.5 Å². The summed E-state index contributed by atoms with van der Waals surface area (Å²) in [5, 5.41) is 0.724. The van der Waals surface area contributed by atoms with Gasteiger partial charge in [-0.15, -0.1) is 0 Å². The Hall–Kier alpha value is -1.03. The Morgan fingerprint density at radius 3 is 2.67 bits per heavy atom. The van der Waals surface area contributed by atoms with Crippen LogP contribution in [0.2, 0.25) is 5.02 Å². The van der Waals surface area contributed by atoms with Gasteiger partial charge in [-0.3, -0.25) is 0 Å². The van der Waals surface area contributed by atoms with E-state index in [-0.39, 0.29) is 6.04 Å². The van der Waals surface area contributed by atoms with E-state index in [1.54, 1.807) is 0 Å². The van der Waals surface area contributed by atoms with Crippen molar-refractivity contribution in [3.63, 3.8) is 0 Å². The highest BCUT2D eigenvalue weighted by molar-refractivity contribution is 9.10. The average molecular weight is 369 g/mol. The quantitative estimate of drug-likeness (QED) is 0.782. The van der Waals surface area contributed by atoms with Crippen molar-refractivity contribution < 1.29 is 4.74 Å². The lowest BCUT2D eigenvalue weighted by Crippen LogP contribution is -2.21. The maximum Gasteiger partial charge on any atom is 0.123 e. The summed E-state index contributed by atoms with van der Waals surface area (Å²) in [7, 11) is 0. The topological polar surface area (TPSA) is 35.2 Å². The highest BCUT2D eigenvalue weighted by Gasteiger charge is 2.10. The SMILES string of the molecule is CCC(N)Cc1cc(Br)ccc1OCc1ccccc1Cl. The van der Waals surface area contributed by atoms with Crippen LogP contribution in [0.25, 0.3) is 0 Å². The Bertz CT molecular complexity index is 603. The van der Waals surface area contributed by atoms with Gasteiger partial charge in [0.25, 0.3) is 0 Å². The van der Waals surface area contributed by atoms with Crippen LogP contribution in [0.3, 0.4) is 0 Å². The third kappa shape index (κ3) is 4.73. The fraction of sp³-hybridized carbons (Fsp3) is 0.294. The molecule has 0 saturated carbocycles. The average Bonchev–Trinajstić information content (AvgIpc) is 2.48. The van der Waals surface area contributed by atoms with Crippen LogP contribution in [0.4, 0.5) is 0 Å². The number of hydrogen-bond acceptors (Lipinski definition) is 2. The Labute approximate surface area is 139 Å². The molecule has 0 aromatic heterocycles. The predicted molar refractivity (Wildman–Crippen MR) is 91.9 cm³/mol. The Balaban J connectivity index is 2.14. The summed E-state index contributed by atoms with van der Waals surface area (Å²) in [6, 6.07) is 13.9. The van der Waals surface area contributed by atoms with Crippen LogP contribution in [0.15, 0.2) is 46.9 Å². The first kappa shape index (κ1) is 16.3. The van der Waals surface area contributed by atoms with Crippen molar-refractivity contribution in [1.29, 1.82) is 0 Å². The molecule has 4 heteroatoms. The fourth-order valence-electron chi connectivity index (χ4n) is 2.05. The van der Waals surface area contributed by atoms with Gasteiger partial charge in [0.1, 0.15) is 12.4 Å². The van der Waals surface area contributed by atoms with E-state index in [0.717, 1.165) is 39.2 Å². The molecule has 2 aromatic carbocycles. The fourth-order valence-corrected chi connectivity index (χ4v) is 2.64. The van der Waals surface area contributed by atoms with Crippen LogP contribution < -0.4 is 10.5 Å². The van der Waals surface area contributed by atoms with Gasteiger partial charge in [-0.25, -0.2) is 0 Å². The van der Waals surface area contributed by atoms with Crippen LogP contribution in [-0.2, 0) is 13.0 Å². The summed E-state index contributed by atoms with van der Waals surface area (Å²) in [6.45, 7) is 2.54. The maximum atomic E-state index is 6.15. The molecule has 0 aliphatic rings. The van der Waals surface area contributed by atoms with Crippen molar-refractivity contribution in [1.82, 2.24) is 0 Å². The largest absolute Gasteiger partial charge is 0.489 e. The smallest absolute Gasteiger partial charge is 0.123 e. The van der Waals surface area contributed by atoms with Crippen molar-refractivity contribution >= 4 is 27.5 Å². The number of nitrogens with two attached hydrogens (primary N) is 1. The summed E-state index contributed by atoms with van der Waals surface area (Å²) in [5.74, 6) is 0.863. The van der Waals surface area contributed by atoms with Gasteiger partial charge in [0.2, 0.25) is 0 Å². The van der Waals surface area contributed by atoms with E-state index in [1.807, 2.05) is 36.4 Å². The first-order valence-corrected chi connectivity index (χ1v) is 8.17. The van der Waals surface area contributed by atoms with Crippen molar-refractivity contribution in [2.45, 2.75) is 32.4 Å². The van der Waals surface area contributed by atoms with Crippen molar-refractivity contribution in [2.75, 3.05) is 0 Å². The lowest BCUT2D eigenvalue weighted by Gasteiger charge is -2.15. The molecule has 0 heterocycles. The second-order valence-electron chi connectivity index (χ2n) is 5.00. The number of hydrogen-bond donors (Lipinski definition) is 1. The molecule has 0 spiro atoms. The molecule has 2 rings (SSSR count). The molecule has 2 aromatic rings. The first-order valence-electron chi connectivity index (χ1n) is 7.00. The standard InChI is InChI=1S/C17H19BrClNO/c1-2-15(20)10-13-9-14(18)7-8-17(13)21-11-12-5-3-4-6-16(12)19/h3-9,15H,2,10-11,20H2,1H3. The van der Waals surface area contributed by atoms with Crippen LogP contribution in [0.1, 0.15) is 24.5 Å². The van der Waals surface area contributed by atoms with Crippen molar-refractivity contribution in [3.05, 3.63) is 63.1 Å². The summed E-state index contributed by atoms with van der Waals surface area (Å²) < 4.78 is 6.98. The zero-order valence-corrected chi connectivity index (χ0v) is 14.3. The minimum Gasteiger partial charge on any atom is -0.489 e. The molecular weight excluding hydrogens is 350 g/mol. The normalized spacial score (nSPS) is 12.2. The molecule has 0 radical (unpaired) electrons. The third-order valence-corrected chi connectivity index (χ3v) is 4.23. The van der Waals surface area contributed by atoms with Gasteiger partial charge in [-0.1, -0.05) is 52.7 Å². The second-order valence-corrected chi connectivity index (χ2v) is 6.33. The van der Waals surface area contributed by atoms with E-state index in [2.05, 4.69) is 28.9 Å². The van der Waals surface area contributed by atoms with Crippen molar-refractivity contribution in [3.8, 4) is 5.75 Å². The summed E-state index contributed by atoms with van der Waals surface area (Å²) in [6.07, 6.45) is 1.74. The van der Waals surface area contributed by atoms with E-state index in [0.29, 0.717) is 6.61 Å². The number of halogens is 2. The highest BCUT2D eigenvalue weighted by Crippen LogP contribution is 2.26. The first-order chi connectivity index (χ1) is 10.1. The van der Waals surface area contributed by atoms with Crippen LogP contribution in [-0.4, -0.2) is 6.04 Å². The maximum absolute atomic E-state index is 6.15. The van der Waals surface area contributed by atoms with Crippen LogP contribution in [0.5, 0.6) is 5.75 Å². The van der Waals surface area contributed by atoms with Crippen LogP contribution >= 0.6 is 27.5 Å². The molecule has 0 fully saturated rings. The molecule has 112 valence electrons. The van der Waals surface area contributed by atoms with E-state index in [9.17, 15) is 0 Å². The number of ether oxygens (including phenoxy) is 1. The van der Waals surface area contributed by atoms with Gasteiger partial charge in [-0.2, -0.15) is 0 Å². The third-order valence-electron chi connectivity index (χ3n) is 3.37. The molecule has 21 heavy (non-hydrogen) atoms. The lowest BCUT2D eigenvalue weighted by atomic mass is 10.0. The molecule has 2 N–H and O–H groups in total. The Kier molecular flexibility index (Phi) is 6.09. The van der Waals surface area contributed by atoms with Gasteiger partial charge in [0, 0.05) is 21.1 Å². The van der Waals surface area contributed by atoms with E-state index >= 15 is 0 Å². The monoisotopic (exact) mass is 367 g/mol. The number of benzene rings is 2. The Morgan fingerprint density at radius 1 is 1.19 bits per heavy atom. The van der Waals surface area contributed by atoms with Gasteiger partial charge in [-0.05, 0) is 42.7 Å². The second kappa shape index (κ2) is 7.83. The van der Waals surface area contributed by atoms with E-state index in [1.165, 1.54) is 0 Å². The molecule has 0 aliphatic carbocycles. The van der Waals surface area contributed by atoms with E-state index in [4.69, 9.17) is 22.1 Å². The molecular formula is C17H19BrClNO. The molecule has 1 atom stereocenters. The number of rotatable bonds is 6. The highest BCUT2D eigenvalue weighted by atomic mass is 79.9. The van der Waals surface area contributed by atoms with E-state index < -0.39 is 0 Å². The zero-order valence-electron chi connectivity index (χ0n) is 12.0. The summed E-state index contributed by atoms with van der Waals surface area (Å²) in [4.78, 5) is 0. The molecule has 0 amide bonds. The van der Waals surface area contributed by atoms with Gasteiger partial charge >= 0.3 is 0 Å². The summed E-state index contributed by atoms with van der Waals surface area (Å²) in [5.41, 5.74) is 8.16. The molecule has 0 saturated heterocycles. The lowest BCUT2D eigenvalue weighted by molar-refractivity contribution is 0.302. The molecule has 2 nitrogen and oxygen atoms in total. The molecule has 0 bridgehead atoms. The molecule has 0 aliphatic heterocycles. The van der Waals surface area contributed by atoms with Gasteiger partial charge in [0.15, 0.2) is 0 Å². The Morgan fingerprint density at radius 2 is 1.95 bits per heavy atom. The van der Waals surface area contributed by atoms with Crippen molar-refractivity contribution in [2.24, 2.45) is 5.73 Å².